The van der Waals surface area contributed by atoms with E-state index in [1.165, 1.54) is 25.0 Å². The molecule has 15 heteroatoms. The Morgan fingerprint density at radius 1 is 1.11 bits per heavy atom. The van der Waals surface area contributed by atoms with E-state index in [9.17, 15) is 22.8 Å². The molecule has 12 nitrogen and oxygen atoms in total. The van der Waals surface area contributed by atoms with E-state index >= 15 is 0 Å². The van der Waals surface area contributed by atoms with Crippen molar-refractivity contribution < 1.29 is 36.7 Å². The first-order valence-electron chi connectivity index (χ1n) is 11.0. The van der Waals surface area contributed by atoms with Crippen LogP contribution in [0.25, 0.3) is 17.3 Å². The fourth-order valence-electron chi connectivity index (χ4n) is 3.40. The van der Waals surface area contributed by atoms with Gasteiger partial charge < -0.3 is 23.7 Å². The van der Waals surface area contributed by atoms with E-state index in [0.29, 0.717) is 23.2 Å². The van der Waals surface area contributed by atoms with E-state index in [2.05, 4.69) is 29.8 Å². The summed E-state index contributed by atoms with van der Waals surface area (Å²) in [6, 6.07) is 8.79. The molecule has 1 atom stereocenters. The number of furan rings is 1. The second-order valence-corrected chi connectivity index (χ2v) is 19.4. The maximum Gasteiger partial charge on any atom is 0.345 e. The average Bonchev–Trinajstić information content (AvgIpc) is 3.46. The highest BCUT2D eigenvalue weighted by molar-refractivity contribution is 7.99. The van der Waals surface area contributed by atoms with E-state index in [0.717, 1.165) is 11.2 Å². The molecular formula is C21H31N4O8PSSi. The SMILES string of the molecule is COc1cccc(OC)c1-n1c(-c2ccco2)nnc1N(CC[Si](C)(C)C)S(=O)(=O)C(C)P(=O)(O)O. The fraction of sp³-hybridized carbons (Fsp3) is 0.429. The molecule has 0 bridgehead atoms. The van der Waals surface area contributed by atoms with Gasteiger partial charge in [-0.2, -0.15) is 0 Å². The second-order valence-electron chi connectivity index (χ2n) is 9.26. The highest BCUT2D eigenvalue weighted by Gasteiger charge is 2.43. The second kappa shape index (κ2) is 10.4. The first kappa shape index (κ1) is 27.9. The van der Waals surface area contributed by atoms with Gasteiger partial charge in [0.25, 0.3) is 10.0 Å². The molecule has 3 rings (SSSR count). The maximum absolute atomic E-state index is 13.7. The van der Waals surface area contributed by atoms with E-state index in [1.807, 2.05) is 0 Å². The lowest BCUT2D eigenvalue weighted by molar-refractivity contribution is 0.369. The van der Waals surface area contributed by atoms with Crippen LogP contribution in [-0.2, 0) is 14.6 Å². The minimum Gasteiger partial charge on any atom is -0.494 e. The third-order valence-electron chi connectivity index (χ3n) is 5.51. The summed E-state index contributed by atoms with van der Waals surface area (Å²) in [6.07, 6.45) is 1.43. The van der Waals surface area contributed by atoms with E-state index in [-0.39, 0.29) is 24.1 Å². The van der Waals surface area contributed by atoms with Gasteiger partial charge in [0.2, 0.25) is 11.8 Å². The summed E-state index contributed by atoms with van der Waals surface area (Å²) in [5.41, 5.74) is 0.297. The lowest BCUT2D eigenvalue weighted by Gasteiger charge is -2.29. The van der Waals surface area contributed by atoms with Crippen molar-refractivity contribution in [2.45, 2.75) is 37.6 Å². The van der Waals surface area contributed by atoms with E-state index in [4.69, 9.17) is 13.9 Å². The van der Waals surface area contributed by atoms with Crippen LogP contribution in [0.5, 0.6) is 11.5 Å². The maximum atomic E-state index is 13.7. The zero-order valence-corrected chi connectivity index (χ0v) is 23.7. The average molecular weight is 559 g/mol. The molecule has 36 heavy (non-hydrogen) atoms. The number of anilines is 1. The highest BCUT2D eigenvalue weighted by atomic mass is 32.2. The minimum absolute atomic E-state index is 0.0594. The highest BCUT2D eigenvalue weighted by Crippen LogP contribution is 2.46. The van der Waals surface area contributed by atoms with Crippen LogP contribution >= 0.6 is 7.60 Å². The summed E-state index contributed by atoms with van der Waals surface area (Å²) < 4.78 is 58.3. The van der Waals surface area contributed by atoms with E-state index < -0.39 is 30.7 Å². The molecule has 1 aromatic carbocycles. The van der Waals surface area contributed by atoms with Crippen LogP contribution in [0.3, 0.4) is 0 Å². The topological polar surface area (TPSA) is 157 Å². The summed E-state index contributed by atoms with van der Waals surface area (Å²) in [6.45, 7) is 7.11. The zero-order chi connectivity index (χ0) is 26.9. The number of rotatable bonds is 11. The van der Waals surface area contributed by atoms with Crippen LogP contribution in [0, 0.1) is 0 Å². The number of hydrogen-bond donors (Lipinski definition) is 2. The number of aromatic nitrogens is 3. The largest absolute Gasteiger partial charge is 0.494 e. The van der Waals surface area contributed by atoms with Gasteiger partial charge >= 0.3 is 7.60 Å². The monoisotopic (exact) mass is 558 g/mol. The van der Waals surface area contributed by atoms with Crippen LogP contribution < -0.4 is 13.8 Å². The molecule has 0 aliphatic heterocycles. The van der Waals surface area contributed by atoms with Gasteiger partial charge in [0.1, 0.15) is 17.2 Å². The standard InChI is InChI=1S/C21H31N4O8PSSi/c1-15(34(26,27)28)35(29,30)24(12-14-36(4,5)6)21-23-22-20(18-11-8-13-33-18)25(21)19-16(31-2)9-7-10-17(19)32-3/h7-11,13,15H,12,14H2,1-6H3,(H2,26,27,28). The van der Waals surface area contributed by atoms with Crippen molar-refractivity contribution in [2.24, 2.45) is 0 Å². The Hall–Kier alpha value is -2.64. The summed E-state index contributed by atoms with van der Waals surface area (Å²) in [4.78, 5) is 17.5. The molecule has 0 radical (unpaired) electrons. The Balaban J connectivity index is 2.38. The Morgan fingerprint density at radius 3 is 2.19 bits per heavy atom. The van der Waals surface area contributed by atoms with Crippen LogP contribution in [0.4, 0.5) is 5.95 Å². The zero-order valence-electron chi connectivity index (χ0n) is 20.9. The van der Waals surface area contributed by atoms with Crippen molar-refractivity contribution in [1.29, 1.82) is 0 Å². The Kier molecular flexibility index (Phi) is 8.06. The molecule has 2 heterocycles. The third-order valence-corrected chi connectivity index (χ3v) is 11.6. The first-order chi connectivity index (χ1) is 16.7. The van der Waals surface area contributed by atoms with Gasteiger partial charge in [0.05, 0.1) is 20.5 Å². The minimum atomic E-state index is -5.02. The van der Waals surface area contributed by atoms with Crippen molar-refractivity contribution >= 4 is 31.6 Å². The number of nitrogens with zero attached hydrogens (tertiary/aromatic N) is 4. The van der Waals surface area contributed by atoms with Gasteiger partial charge in [-0.05, 0) is 37.2 Å². The van der Waals surface area contributed by atoms with Gasteiger partial charge in [-0.15, -0.1) is 10.2 Å². The molecule has 0 saturated carbocycles. The van der Waals surface area contributed by atoms with Gasteiger partial charge in [-0.1, -0.05) is 25.7 Å². The van der Waals surface area contributed by atoms with Crippen LogP contribution in [0.15, 0.2) is 41.0 Å². The van der Waals surface area contributed by atoms with Crippen LogP contribution in [0.2, 0.25) is 25.7 Å². The molecule has 2 aromatic heterocycles. The molecule has 3 aromatic rings. The molecule has 0 aliphatic carbocycles. The molecule has 2 N–H and O–H groups in total. The van der Waals surface area contributed by atoms with Crippen molar-refractivity contribution in [3.8, 4) is 28.8 Å². The van der Waals surface area contributed by atoms with Gasteiger partial charge in [-0.25, -0.2) is 12.7 Å². The van der Waals surface area contributed by atoms with Gasteiger partial charge in [0, 0.05) is 14.6 Å². The summed E-state index contributed by atoms with van der Waals surface area (Å²) >= 11 is 0. The summed E-state index contributed by atoms with van der Waals surface area (Å²) in [5.74, 6) is 0.910. The van der Waals surface area contributed by atoms with Crippen molar-refractivity contribution in [1.82, 2.24) is 14.8 Å². The number of sulfonamides is 1. The third kappa shape index (κ3) is 5.68. The lowest BCUT2D eigenvalue weighted by Crippen LogP contribution is -2.42. The van der Waals surface area contributed by atoms with Crippen molar-refractivity contribution in [3.63, 3.8) is 0 Å². The number of methoxy groups -OCH3 is 2. The fourth-order valence-corrected chi connectivity index (χ4v) is 7.24. The van der Waals surface area contributed by atoms with Crippen LogP contribution in [-0.4, -0.2) is 66.8 Å². The Labute approximate surface area is 211 Å². The van der Waals surface area contributed by atoms with Crippen LogP contribution in [0.1, 0.15) is 6.92 Å². The predicted octanol–water partition coefficient (Wildman–Crippen LogP) is 3.54. The summed E-state index contributed by atoms with van der Waals surface area (Å²) in [5, 5.41) is 8.39. The molecule has 0 amide bonds. The lowest BCUT2D eigenvalue weighted by atomic mass is 10.2. The molecule has 198 valence electrons. The van der Waals surface area contributed by atoms with Crippen molar-refractivity contribution in [3.05, 3.63) is 36.6 Å². The first-order valence-corrected chi connectivity index (χ1v) is 17.9. The quantitative estimate of drug-likeness (QED) is 0.263. The molecular weight excluding hydrogens is 527 g/mol. The number of para-hydroxylation sites is 1. The Morgan fingerprint density at radius 2 is 1.72 bits per heavy atom. The molecule has 1 unspecified atom stereocenters. The molecule has 0 spiro atoms. The normalized spacial score (nSPS) is 13.4. The van der Waals surface area contributed by atoms with Gasteiger partial charge in [-0.3, -0.25) is 9.13 Å². The molecule has 0 aliphatic rings. The van der Waals surface area contributed by atoms with Gasteiger partial charge in [0.15, 0.2) is 10.8 Å². The molecule has 0 fully saturated rings. The van der Waals surface area contributed by atoms with E-state index in [1.54, 1.807) is 30.3 Å². The number of ether oxygens (including phenoxy) is 2. The number of benzene rings is 1. The number of hydrogen-bond acceptors (Lipinski definition) is 8. The predicted molar refractivity (Wildman–Crippen MR) is 138 cm³/mol. The Bertz CT molecular complexity index is 1330. The smallest absolute Gasteiger partial charge is 0.345 e. The molecule has 0 saturated heterocycles. The summed E-state index contributed by atoms with van der Waals surface area (Å²) in [7, 11) is -8.54. The van der Waals surface area contributed by atoms with Crippen molar-refractivity contribution in [2.75, 3.05) is 25.1 Å².